The number of amides is 1. The molecule has 1 rings (SSSR count). The number of aryl methyl sites for hydroxylation is 2. The summed E-state index contributed by atoms with van der Waals surface area (Å²) < 4.78 is 5.51. The fourth-order valence-corrected chi connectivity index (χ4v) is 1.40. The predicted octanol–water partition coefficient (Wildman–Crippen LogP) is 1.67. The van der Waals surface area contributed by atoms with Gasteiger partial charge in [0.15, 0.2) is 6.19 Å². The molecule has 0 aliphatic carbocycles. The normalized spacial score (nSPS) is 9.31. The summed E-state index contributed by atoms with van der Waals surface area (Å²) in [6.07, 6.45) is 1.77. The Kier molecular flexibility index (Phi) is 4.34. The van der Waals surface area contributed by atoms with Crippen molar-refractivity contribution in [3.8, 4) is 11.9 Å². The molecule has 0 saturated heterocycles. The molecule has 4 heteroatoms. The largest absolute Gasteiger partial charge is 0.493 e. The van der Waals surface area contributed by atoms with Gasteiger partial charge in [-0.1, -0.05) is 18.2 Å². The summed E-state index contributed by atoms with van der Waals surface area (Å²) in [5, 5.41) is 10.3. The molecular formula is C12H14N2O2. The lowest BCUT2D eigenvalue weighted by atomic mass is 10.1. The molecule has 0 aromatic heterocycles. The minimum atomic E-state index is -0.325. The first kappa shape index (κ1) is 12.1. The van der Waals surface area contributed by atoms with Crippen LogP contribution in [-0.4, -0.2) is 12.5 Å². The standard InChI is InChI=1S/C12H14N2O2/c1-9-4-3-5-10(2)12(9)16-7-6-11(15)14-8-13/h3-5H,6-7H2,1-2H3,(H,14,15). The second-order valence-corrected chi connectivity index (χ2v) is 3.48. The Bertz CT molecular complexity index is 401. The highest BCUT2D eigenvalue weighted by Crippen LogP contribution is 2.22. The first-order valence-electron chi connectivity index (χ1n) is 5.02. The lowest BCUT2D eigenvalue weighted by Gasteiger charge is -2.10. The van der Waals surface area contributed by atoms with Crippen LogP contribution in [0.1, 0.15) is 17.5 Å². The molecule has 0 bridgehead atoms. The number of nitriles is 1. The SMILES string of the molecule is Cc1cccc(C)c1OCCC(=O)NC#N. The lowest BCUT2D eigenvalue weighted by Crippen LogP contribution is -2.19. The molecule has 1 amide bonds. The van der Waals surface area contributed by atoms with Crippen molar-refractivity contribution in [2.24, 2.45) is 0 Å². The maximum absolute atomic E-state index is 11.0. The Balaban J connectivity index is 2.50. The highest BCUT2D eigenvalue weighted by Gasteiger charge is 2.04. The number of nitrogens with one attached hydrogen (secondary N) is 1. The summed E-state index contributed by atoms with van der Waals surface area (Å²) in [4.78, 5) is 11.0. The second-order valence-electron chi connectivity index (χ2n) is 3.48. The van der Waals surface area contributed by atoms with Crippen molar-refractivity contribution in [2.45, 2.75) is 20.3 Å². The third kappa shape index (κ3) is 3.28. The Morgan fingerprint density at radius 2 is 2.06 bits per heavy atom. The minimum Gasteiger partial charge on any atom is -0.493 e. The fraction of sp³-hybridized carbons (Fsp3) is 0.333. The van der Waals surface area contributed by atoms with Crippen LogP contribution in [0.5, 0.6) is 5.75 Å². The first-order chi connectivity index (χ1) is 7.65. The summed E-state index contributed by atoms with van der Waals surface area (Å²) in [7, 11) is 0. The third-order valence-electron chi connectivity index (χ3n) is 2.18. The highest BCUT2D eigenvalue weighted by molar-refractivity contribution is 5.77. The Hall–Kier alpha value is -2.02. The molecule has 4 nitrogen and oxygen atoms in total. The van der Waals surface area contributed by atoms with E-state index in [-0.39, 0.29) is 18.9 Å². The first-order valence-corrected chi connectivity index (χ1v) is 5.02. The molecule has 0 fully saturated rings. The van der Waals surface area contributed by atoms with Crippen LogP contribution in [0.25, 0.3) is 0 Å². The summed E-state index contributed by atoms with van der Waals surface area (Å²) >= 11 is 0. The average Bonchev–Trinajstić information content (AvgIpc) is 2.23. The number of benzene rings is 1. The van der Waals surface area contributed by atoms with Crippen molar-refractivity contribution in [3.05, 3.63) is 29.3 Å². The summed E-state index contributed by atoms with van der Waals surface area (Å²) in [6.45, 7) is 4.19. The van der Waals surface area contributed by atoms with Gasteiger partial charge in [0.05, 0.1) is 13.0 Å². The molecule has 0 aliphatic heterocycles. The van der Waals surface area contributed by atoms with Crippen molar-refractivity contribution >= 4 is 5.91 Å². The number of carbonyl (C=O) groups excluding carboxylic acids is 1. The second kappa shape index (κ2) is 5.76. The van der Waals surface area contributed by atoms with Gasteiger partial charge in [0, 0.05) is 0 Å². The number of carbonyl (C=O) groups is 1. The summed E-state index contributed by atoms with van der Waals surface area (Å²) in [5.74, 6) is 0.487. The minimum absolute atomic E-state index is 0.182. The van der Waals surface area contributed by atoms with Crippen LogP contribution in [0.2, 0.25) is 0 Å². The van der Waals surface area contributed by atoms with Crippen molar-refractivity contribution in [3.63, 3.8) is 0 Å². The number of ether oxygens (including phenoxy) is 1. The van der Waals surface area contributed by atoms with E-state index in [1.165, 1.54) is 0 Å². The van der Waals surface area contributed by atoms with Crippen LogP contribution in [0.4, 0.5) is 0 Å². The topological polar surface area (TPSA) is 62.1 Å². The Morgan fingerprint density at radius 1 is 1.44 bits per heavy atom. The molecule has 0 heterocycles. The van der Waals surface area contributed by atoms with E-state index in [1.54, 1.807) is 6.19 Å². The van der Waals surface area contributed by atoms with E-state index in [4.69, 9.17) is 10.00 Å². The van der Waals surface area contributed by atoms with Gasteiger partial charge in [0.25, 0.3) is 0 Å². The van der Waals surface area contributed by atoms with Crippen LogP contribution in [0.3, 0.4) is 0 Å². The molecule has 0 spiro atoms. The van der Waals surface area contributed by atoms with E-state index in [2.05, 4.69) is 0 Å². The monoisotopic (exact) mass is 218 g/mol. The van der Waals surface area contributed by atoms with E-state index < -0.39 is 0 Å². The molecule has 0 atom stereocenters. The number of para-hydroxylation sites is 1. The van der Waals surface area contributed by atoms with Crippen LogP contribution < -0.4 is 10.1 Å². The molecule has 1 aromatic rings. The van der Waals surface area contributed by atoms with Crippen LogP contribution in [-0.2, 0) is 4.79 Å². The van der Waals surface area contributed by atoms with Crippen LogP contribution in [0, 0.1) is 25.3 Å². The van der Waals surface area contributed by atoms with Gasteiger partial charge in [-0.15, -0.1) is 0 Å². The Morgan fingerprint density at radius 3 is 2.62 bits per heavy atom. The van der Waals surface area contributed by atoms with Gasteiger partial charge in [-0.2, -0.15) is 5.26 Å². The zero-order valence-electron chi connectivity index (χ0n) is 9.41. The average molecular weight is 218 g/mol. The van der Waals surface area contributed by atoms with E-state index in [0.717, 1.165) is 16.9 Å². The van der Waals surface area contributed by atoms with Gasteiger partial charge >= 0.3 is 0 Å². The van der Waals surface area contributed by atoms with E-state index in [0.29, 0.717) is 0 Å². The van der Waals surface area contributed by atoms with Gasteiger partial charge in [-0.25, -0.2) is 0 Å². The van der Waals surface area contributed by atoms with Crippen molar-refractivity contribution in [2.75, 3.05) is 6.61 Å². The predicted molar refractivity (Wildman–Crippen MR) is 59.8 cm³/mol. The molecule has 0 unspecified atom stereocenters. The smallest absolute Gasteiger partial charge is 0.236 e. The maximum Gasteiger partial charge on any atom is 0.236 e. The van der Waals surface area contributed by atoms with Gasteiger partial charge in [0.2, 0.25) is 5.91 Å². The van der Waals surface area contributed by atoms with Gasteiger partial charge in [0.1, 0.15) is 5.75 Å². The molecule has 0 aliphatic rings. The van der Waals surface area contributed by atoms with Crippen molar-refractivity contribution in [1.29, 1.82) is 5.26 Å². The molecule has 1 aromatic carbocycles. The zero-order chi connectivity index (χ0) is 12.0. The van der Waals surface area contributed by atoms with Crippen molar-refractivity contribution < 1.29 is 9.53 Å². The Labute approximate surface area is 94.8 Å². The number of rotatable bonds is 4. The van der Waals surface area contributed by atoms with Crippen molar-refractivity contribution in [1.82, 2.24) is 5.32 Å². The molecule has 0 saturated carbocycles. The zero-order valence-corrected chi connectivity index (χ0v) is 9.41. The quantitative estimate of drug-likeness (QED) is 0.617. The summed E-state index contributed by atoms with van der Waals surface area (Å²) in [5.41, 5.74) is 2.08. The number of hydrogen-bond acceptors (Lipinski definition) is 3. The molecule has 84 valence electrons. The molecule has 1 N–H and O–H groups in total. The van der Waals surface area contributed by atoms with E-state index >= 15 is 0 Å². The highest BCUT2D eigenvalue weighted by atomic mass is 16.5. The van der Waals surface area contributed by atoms with E-state index in [9.17, 15) is 4.79 Å². The molecular weight excluding hydrogens is 204 g/mol. The summed E-state index contributed by atoms with van der Waals surface area (Å²) in [6, 6.07) is 5.87. The van der Waals surface area contributed by atoms with Gasteiger partial charge < -0.3 is 4.74 Å². The van der Waals surface area contributed by atoms with E-state index in [1.807, 2.05) is 37.4 Å². The molecule has 16 heavy (non-hydrogen) atoms. The third-order valence-corrected chi connectivity index (χ3v) is 2.18. The van der Waals surface area contributed by atoms with Gasteiger partial charge in [-0.05, 0) is 25.0 Å². The molecule has 0 radical (unpaired) electrons. The number of nitrogens with zero attached hydrogens (tertiary/aromatic N) is 1. The lowest BCUT2D eigenvalue weighted by molar-refractivity contribution is -0.120. The van der Waals surface area contributed by atoms with Crippen LogP contribution in [0.15, 0.2) is 18.2 Å². The van der Waals surface area contributed by atoms with Gasteiger partial charge in [-0.3, -0.25) is 10.1 Å². The fourth-order valence-electron chi connectivity index (χ4n) is 1.40. The maximum atomic E-state index is 11.0. The number of hydrogen-bond donors (Lipinski definition) is 1. The van der Waals surface area contributed by atoms with Crippen LogP contribution >= 0.6 is 0 Å².